The Kier molecular flexibility index (Phi) is 9.04. The summed E-state index contributed by atoms with van der Waals surface area (Å²) in [5.74, 6) is 0.454. The number of benzene rings is 1. The molecule has 0 heterocycles. The van der Waals surface area contributed by atoms with E-state index in [4.69, 9.17) is 18.9 Å². The number of hydrogen-bond acceptors (Lipinski definition) is 6. The summed E-state index contributed by atoms with van der Waals surface area (Å²) < 4.78 is 20.9. The van der Waals surface area contributed by atoms with Crippen molar-refractivity contribution in [3.63, 3.8) is 0 Å². The minimum absolute atomic E-state index is 0.334. The second-order valence-corrected chi connectivity index (χ2v) is 4.48. The lowest BCUT2D eigenvalue weighted by Gasteiger charge is -2.12. The molecule has 0 aliphatic heterocycles. The molecule has 0 bridgehead atoms. The summed E-state index contributed by atoms with van der Waals surface area (Å²) in [6.07, 6.45) is 0. The molecule has 0 saturated heterocycles. The maximum Gasteiger partial charge on any atom is 0.492 e. The Morgan fingerprint density at radius 3 is 2.19 bits per heavy atom. The Morgan fingerprint density at radius 1 is 0.952 bits per heavy atom. The van der Waals surface area contributed by atoms with Crippen LogP contribution in [0.4, 0.5) is 0 Å². The molecule has 118 valence electrons. The second-order valence-electron chi connectivity index (χ2n) is 4.48. The number of aryl methyl sites for hydroxylation is 1. The van der Waals surface area contributed by atoms with Crippen LogP contribution in [0, 0.1) is 6.92 Å². The van der Waals surface area contributed by atoms with Gasteiger partial charge in [-0.15, -0.1) is 0 Å². The molecular formula is C14H23BO6. The molecule has 0 atom stereocenters. The van der Waals surface area contributed by atoms with Crippen molar-refractivity contribution in [2.24, 2.45) is 0 Å². The Morgan fingerprint density at radius 2 is 1.57 bits per heavy atom. The molecule has 21 heavy (non-hydrogen) atoms. The van der Waals surface area contributed by atoms with Gasteiger partial charge in [0, 0.05) is 12.6 Å². The van der Waals surface area contributed by atoms with Crippen molar-refractivity contribution in [2.45, 2.75) is 6.92 Å². The molecule has 0 amide bonds. The minimum atomic E-state index is -1.55. The predicted octanol–water partition coefficient (Wildman–Crippen LogP) is -0.267. The van der Waals surface area contributed by atoms with E-state index in [0.29, 0.717) is 50.9 Å². The highest BCUT2D eigenvalue weighted by Gasteiger charge is 2.17. The maximum absolute atomic E-state index is 9.29. The monoisotopic (exact) mass is 298 g/mol. The molecule has 1 aromatic carbocycles. The van der Waals surface area contributed by atoms with Gasteiger partial charge in [0.15, 0.2) is 0 Å². The highest BCUT2D eigenvalue weighted by Crippen LogP contribution is 2.09. The SMILES string of the molecule is COCCOCCOCCOc1ccc(C)cc1B(O)O. The van der Waals surface area contributed by atoms with Gasteiger partial charge in [0.2, 0.25) is 0 Å². The van der Waals surface area contributed by atoms with Crippen LogP contribution in [0.15, 0.2) is 18.2 Å². The van der Waals surface area contributed by atoms with Crippen LogP contribution in [0.3, 0.4) is 0 Å². The zero-order valence-corrected chi connectivity index (χ0v) is 12.6. The van der Waals surface area contributed by atoms with Gasteiger partial charge in [0.1, 0.15) is 12.4 Å². The van der Waals surface area contributed by atoms with Crippen LogP contribution in [0.25, 0.3) is 0 Å². The van der Waals surface area contributed by atoms with Crippen LogP contribution < -0.4 is 10.2 Å². The van der Waals surface area contributed by atoms with E-state index in [1.165, 1.54) is 0 Å². The number of hydrogen-bond donors (Lipinski definition) is 2. The van der Waals surface area contributed by atoms with Gasteiger partial charge in [-0.1, -0.05) is 17.7 Å². The lowest BCUT2D eigenvalue weighted by molar-refractivity contribution is 0.0180. The van der Waals surface area contributed by atoms with Gasteiger partial charge in [0.25, 0.3) is 0 Å². The normalized spacial score (nSPS) is 10.7. The molecule has 0 aliphatic carbocycles. The molecular weight excluding hydrogens is 275 g/mol. The van der Waals surface area contributed by atoms with Crippen molar-refractivity contribution in [3.05, 3.63) is 23.8 Å². The first-order valence-corrected chi connectivity index (χ1v) is 6.89. The van der Waals surface area contributed by atoms with Crippen molar-refractivity contribution in [3.8, 4) is 5.75 Å². The first-order chi connectivity index (χ1) is 10.1. The van der Waals surface area contributed by atoms with Crippen molar-refractivity contribution in [1.82, 2.24) is 0 Å². The van der Waals surface area contributed by atoms with Crippen molar-refractivity contribution >= 4 is 12.6 Å². The van der Waals surface area contributed by atoms with Gasteiger partial charge in [0.05, 0.1) is 33.0 Å². The third kappa shape index (κ3) is 7.45. The molecule has 2 N–H and O–H groups in total. The topological polar surface area (TPSA) is 77.4 Å². The molecule has 0 fully saturated rings. The standard InChI is InChI=1S/C14H23BO6/c1-12-3-4-14(13(11-12)15(16)17)21-10-9-20-8-7-19-6-5-18-2/h3-4,11,16-17H,5-10H2,1-2H3. The summed E-state index contributed by atoms with van der Waals surface area (Å²) in [6, 6.07) is 5.26. The highest BCUT2D eigenvalue weighted by molar-refractivity contribution is 6.59. The summed E-state index contributed by atoms with van der Waals surface area (Å²) in [5.41, 5.74) is 1.30. The van der Waals surface area contributed by atoms with Gasteiger partial charge < -0.3 is 29.0 Å². The zero-order chi connectivity index (χ0) is 15.5. The van der Waals surface area contributed by atoms with E-state index in [1.807, 2.05) is 13.0 Å². The van der Waals surface area contributed by atoms with Crippen molar-refractivity contribution in [2.75, 3.05) is 46.8 Å². The molecule has 0 spiro atoms. The lowest BCUT2D eigenvalue weighted by Crippen LogP contribution is -2.32. The number of methoxy groups -OCH3 is 1. The number of rotatable bonds is 11. The Bertz CT molecular complexity index is 399. The van der Waals surface area contributed by atoms with Crippen LogP contribution in [0.1, 0.15) is 5.56 Å². The molecule has 1 rings (SSSR count). The van der Waals surface area contributed by atoms with Gasteiger partial charge >= 0.3 is 7.12 Å². The summed E-state index contributed by atoms with van der Waals surface area (Å²) in [5, 5.41) is 18.6. The zero-order valence-electron chi connectivity index (χ0n) is 12.6. The third-order valence-corrected chi connectivity index (χ3v) is 2.73. The largest absolute Gasteiger partial charge is 0.492 e. The Hall–Kier alpha value is -1.12. The fourth-order valence-corrected chi connectivity index (χ4v) is 1.68. The fraction of sp³-hybridized carbons (Fsp3) is 0.571. The van der Waals surface area contributed by atoms with Gasteiger partial charge in [-0.25, -0.2) is 0 Å². The van der Waals surface area contributed by atoms with Gasteiger partial charge in [-0.2, -0.15) is 0 Å². The van der Waals surface area contributed by atoms with E-state index in [9.17, 15) is 10.0 Å². The fourth-order valence-electron chi connectivity index (χ4n) is 1.68. The molecule has 0 aromatic heterocycles. The Labute approximate surface area is 125 Å². The molecule has 0 aliphatic rings. The van der Waals surface area contributed by atoms with Crippen LogP contribution in [0.5, 0.6) is 5.75 Å². The highest BCUT2D eigenvalue weighted by atomic mass is 16.6. The van der Waals surface area contributed by atoms with E-state index in [1.54, 1.807) is 19.2 Å². The maximum atomic E-state index is 9.29. The van der Waals surface area contributed by atoms with Crippen LogP contribution in [-0.2, 0) is 14.2 Å². The average Bonchev–Trinajstić information content (AvgIpc) is 2.46. The number of ether oxygens (including phenoxy) is 4. The summed E-state index contributed by atoms with van der Waals surface area (Å²) in [4.78, 5) is 0. The van der Waals surface area contributed by atoms with E-state index in [-0.39, 0.29) is 0 Å². The quantitative estimate of drug-likeness (QED) is 0.433. The average molecular weight is 298 g/mol. The molecule has 0 radical (unpaired) electrons. The first kappa shape index (κ1) is 17.9. The van der Waals surface area contributed by atoms with Crippen molar-refractivity contribution < 1.29 is 29.0 Å². The lowest BCUT2D eigenvalue weighted by atomic mass is 9.79. The smallest absolute Gasteiger partial charge is 0.492 e. The molecule has 0 unspecified atom stereocenters. The molecule has 7 heteroatoms. The van der Waals surface area contributed by atoms with E-state index in [0.717, 1.165) is 5.56 Å². The van der Waals surface area contributed by atoms with Gasteiger partial charge in [-0.05, 0) is 13.0 Å². The summed E-state index contributed by atoms with van der Waals surface area (Å²) in [6.45, 7) is 4.73. The van der Waals surface area contributed by atoms with Gasteiger partial charge in [-0.3, -0.25) is 0 Å². The van der Waals surface area contributed by atoms with Crippen LogP contribution >= 0.6 is 0 Å². The minimum Gasteiger partial charge on any atom is -0.492 e. The summed E-state index contributed by atoms with van der Waals surface area (Å²) in [7, 11) is 0.0786. The Balaban J connectivity index is 2.18. The second kappa shape index (κ2) is 10.6. The third-order valence-electron chi connectivity index (χ3n) is 2.73. The van der Waals surface area contributed by atoms with Crippen molar-refractivity contribution in [1.29, 1.82) is 0 Å². The van der Waals surface area contributed by atoms with E-state index in [2.05, 4.69) is 0 Å². The molecule has 6 nitrogen and oxygen atoms in total. The molecule has 1 aromatic rings. The predicted molar refractivity (Wildman–Crippen MR) is 80.0 cm³/mol. The first-order valence-electron chi connectivity index (χ1n) is 6.89. The summed E-state index contributed by atoms with van der Waals surface area (Å²) >= 11 is 0. The van der Waals surface area contributed by atoms with Crippen LogP contribution in [0.2, 0.25) is 0 Å². The van der Waals surface area contributed by atoms with Crippen LogP contribution in [-0.4, -0.2) is 63.9 Å². The van der Waals surface area contributed by atoms with E-state index < -0.39 is 7.12 Å². The molecule has 0 saturated carbocycles. The van der Waals surface area contributed by atoms with E-state index >= 15 is 0 Å².